The Kier molecular flexibility index (Phi) is 6.83. The normalized spacial score (nSPS) is 15.4. The molecule has 1 aliphatic rings. The van der Waals surface area contributed by atoms with Crippen molar-refractivity contribution in [3.05, 3.63) is 57.9 Å². The molecule has 3 rings (SSSR count). The SMILES string of the molecule is Cc1[nH]c(C(=O)OCC(=O)N(C)[C@@H]2CCCc3ccccc32)c(C)c1C(=O)OC(C)C. The summed E-state index contributed by atoms with van der Waals surface area (Å²) >= 11 is 0. The summed E-state index contributed by atoms with van der Waals surface area (Å²) in [6.45, 7) is 6.51. The number of carbonyl (C=O) groups is 3. The highest BCUT2D eigenvalue weighted by Crippen LogP contribution is 2.33. The van der Waals surface area contributed by atoms with E-state index in [1.807, 2.05) is 12.1 Å². The molecule has 1 aromatic heterocycles. The van der Waals surface area contributed by atoms with E-state index in [1.54, 1.807) is 39.6 Å². The number of nitrogens with one attached hydrogen (secondary N) is 1. The number of H-pyrrole nitrogens is 1. The number of hydrogen-bond acceptors (Lipinski definition) is 5. The van der Waals surface area contributed by atoms with E-state index in [0.29, 0.717) is 16.8 Å². The highest BCUT2D eigenvalue weighted by molar-refractivity contribution is 5.99. The Bertz CT molecular complexity index is 992. The van der Waals surface area contributed by atoms with Crippen LogP contribution in [0, 0.1) is 13.8 Å². The smallest absolute Gasteiger partial charge is 0.355 e. The van der Waals surface area contributed by atoms with Gasteiger partial charge in [0.1, 0.15) is 5.69 Å². The van der Waals surface area contributed by atoms with Gasteiger partial charge in [0, 0.05) is 12.7 Å². The van der Waals surface area contributed by atoms with Crippen LogP contribution in [0.2, 0.25) is 0 Å². The van der Waals surface area contributed by atoms with Crippen LogP contribution in [0.25, 0.3) is 0 Å². The Labute approximate surface area is 182 Å². The van der Waals surface area contributed by atoms with E-state index >= 15 is 0 Å². The minimum atomic E-state index is -0.671. The van der Waals surface area contributed by atoms with Gasteiger partial charge in [-0.05, 0) is 63.6 Å². The average Bonchev–Trinajstić information content (AvgIpc) is 3.04. The molecule has 2 aromatic rings. The fourth-order valence-electron chi connectivity index (χ4n) is 4.14. The lowest BCUT2D eigenvalue weighted by atomic mass is 9.87. The van der Waals surface area contributed by atoms with Crippen molar-refractivity contribution in [3.63, 3.8) is 0 Å². The maximum absolute atomic E-state index is 12.7. The zero-order valence-electron chi connectivity index (χ0n) is 18.8. The lowest BCUT2D eigenvalue weighted by Crippen LogP contribution is -2.36. The van der Waals surface area contributed by atoms with Crippen molar-refractivity contribution >= 4 is 17.8 Å². The summed E-state index contributed by atoms with van der Waals surface area (Å²) < 4.78 is 10.5. The molecule has 7 nitrogen and oxygen atoms in total. The van der Waals surface area contributed by atoms with Gasteiger partial charge in [-0.1, -0.05) is 24.3 Å². The first-order valence-corrected chi connectivity index (χ1v) is 10.6. The Morgan fingerprint density at radius 2 is 1.87 bits per heavy atom. The van der Waals surface area contributed by atoms with Crippen LogP contribution in [0.4, 0.5) is 0 Å². The number of benzene rings is 1. The van der Waals surface area contributed by atoms with Gasteiger partial charge < -0.3 is 19.4 Å². The second-order valence-electron chi connectivity index (χ2n) is 8.27. The molecule has 1 N–H and O–H groups in total. The molecule has 0 saturated carbocycles. The predicted octanol–water partition coefficient (Wildman–Crippen LogP) is 3.89. The minimum absolute atomic E-state index is 0.0250. The van der Waals surface area contributed by atoms with Crippen molar-refractivity contribution in [1.29, 1.82) is 0 Å². The van der Waals surface area contributed by atoms with Crippen LogP contribution < -0.4 is 0 Å². The molecule has 0 aliphatic heterocycles. The standard InChI is InChI=1S/C24H30N2O5/c1-14(2)31-23(28)21-15(3)22(25-16(21)4)24(29)30-13-20(27)26(5)19-12-8-10-17-9-6-7-11-18(17)19/h6-7,9,11,14,19,25H,8,10,12-13H2,1-5H3/t19-/m1/s1. The van der Waals surface area contributed by atoms with Crippen molar-refractivity contribution in [2.45, 2.75) is 59.1 Å². The molecular formula is C24H30N2O5. The molecule has 1 amide bonds. The number of nitrogens with zero attached hydrogens (tertiary/aromatic N) is 1. The number of likely N-dealkylation sites (N-methyl/N-ethyl adjacent to an activating group) is 1. The quantitative estimate of drug-likeness (QED) is 0.708. The van der Waals surface area contributed by atoms with Gasteiger partial charge >= 0.3 is 11.9 Å². The van der Waals surface area contributed by atoms with Crippen LogP contribution in [-0.2, 0) is 20.7 Å². The average molecular weight is 427 g/mol. The first-order valence-electron chi connectivity index (χ1n) is 10.6. The Hall–Kier alpha value is -3.09. The third-order valence-corrected chi connectivity index (χ3v) is 5.71. The number of aromatic amines is 1. The molecule has 0 spiro atoms. The molecule has 0 radical (unpaired) electrons. The number of rotatable bonds is 6. The number of esters is 2. The summed E-state index contributed by atoms with van der Waals surface area (Å²) in [5.74, 6) is -1.43. The molecular weight excluding hydrogens is 396 g/mol. The number of hydrogen-bond donors (Lipinski definition) is 1. The second-order valence-corrected chi connectivity index (χ2v) is 8.27. The molecule has 166 valence electrons. The molecule has 0 saturated heterocycles. The largest absolute Gasteiger partial charge is 0.459 e. The van der Waals surface area contributed by atoms with Crippen LogP contribution in [0.5, 0.6) is 0 Å². The van der Waals surface area contributed by atoms with E-state index in [1.165, 1.54) is 5.56 Å². The van der Waals surface area contributed by atoms with Gasteiger partial charge in [-0.3, -0.25) is 4.79 Å². The summed E-state index contributed by atoms with van der Waals surface area (Å²) in [7, 11) is 1.74. The first-order chi connectivity index (χ1) is 14.7. The number of fused-ring (bicyclic) bond motifs is 1. The summed E-state index contributed by atoms with van der Waals surface area (Å²) in [5, 5.41) is 0. The van der Waals surface area contributed by atoms with Gasteiger partial charge in [0.15, 0.2) is 6.61 Å². The number of aromatic nitrogens is 1. The maximum Gasteiger partial charge on any atom is 0.355 e. The molecule has 1 aliphatic carbocycles. The van der Waals surface area contributed by atoms with E-state index in [9.17, 15) is 14.4 Å². The molecule has 0 unspecified atom stereocenters. The van der Waals surface area contributed by atoms with Crippen LogP contribution in [0.15, 0.2) is 24.3 Å². The second kappa shape index (κ2) is 9.37. The lowest BCUT2D eigenvalue weighted by Gasteiger charge is -2.33. The van der Waals surface area contributed by atoms with Crippen LogP contribution in [0.1, 0.15) is 76.0 Å². The molecule has 1 aromatic carbocycles. The van der Waals surface area contributed by atoms with Crippen molar-refractivity contribution < 1.29 is 23.9 Å². The van der Waals surface area contributed by atoms with Crippen LogP contribution in [0.3, 0.4) is 0 Å². The van der Waals surface area contributed by atoms with E-state index in [-0.39, 0.29) is 30.4 Å². The monoisotopic (exact) mass is 426 g/mol. The number of carbonyl (C=O) groups excluding carboxylic acids is 3. The zero-order chi connectivity index (χ0) is 22.7. The van der Waals surface area contributed by atoms with E-state index in [4.69, 9.17) is 9.47 Å². The lowest BCUT2D eigenvalue weighted by molar-refractivity contribution is -0.135. The number of ether oxygens (including phenoxy) is 2. The predicted molar refractivity (Wildman–Crippen MR) is 116 cm³/mol. The number of amides is 1. The summed E-state index contributed by atoms with van der Waals surface area (Å²) in [4.78, 5) is 42.2. The van der Waals surface area contributed by atoms with E-state index in [0.717, 1.165) is 24.8 Å². The maximum atomic E-state index is 12.7. The van der Waals surface area contributed by atoms with E-state index < -0.39 is 11.9 Å². The van der Waals surface area contributed by atoms with Crippen LogP contribution in [-0.4, -0.2) is 47.5 Å². The highest BCUT2D eigenvalue weighted by atomic mass is 16.5. The van der Waals surface area contributed by atoms with Crippen LogP contribution >= 0.6 is 0 Å². The van der Waals surface area contributed by atoms with Crippen molar-refractivity contribution in [1.82, 2.24) is 9.88 Å². The third kappa shape index (κ3) is 4.81. The molecule has 0 fully saturated rings. The fraction of sp³-hybridized carbons (Fsp3) is 0.458. The molecule has 7 heteroatoms. The van der Waals surface area contributed by atoms with Crippen molar-refractivity contribution in [2.24, 2.45) is 0 Å². The molecule has 1 atom stereocenters. The number of aryl methyl sites for hydroxylation is 2. The Balaban J connectivity index is 1.66. The van der Waals surface area contributed by atoms with Gasteiger partial charge in [-0.2, -0.15) is 0 Å². The minimum Gasteiger partial charge on any atom is -0.459 e. The van der Waals surface area contributed by atoms with E-state index in [2.05, 4.69) is 17.1 Å². The summed E-state index contributed by atoms with van der Waals surface area (Å²) in [5.41, 5.74) is 3.87. The Morgan fingerprint density at radius 3 is 2.58 bits per heavy atom. The third-order valence-electron chi connectivity index (χ3n) is 5.71. The summed E-state index contributed by atoms with van der Waals surface area (Å²) in [6, 6.07) is 8.11. The highest BCUT2D eigenvalue weighted by Gasteiger charge is 2.28. The molecule has 0 bridgehead atoms. The van der Waals surface area contributed by atoms with Gasteiger partial charge in [0.2, 0.25) is 0 Å². The van der Waals surface area contributed by atoms with Crippen molar-refractivity contribution in [2.75, 3.05) is 13.7 Å². The fourth-order valence-corrected chi connectivity index (χ4v) is 4.14. The van der Waals surface area contributed by atoms with Gasteiger partial charge in [-0.15, -0.1) is 0 Å². The zero-order valence-corrected chi connectivity index (χ0v) is 18.8. The molecule has 31 heavy (non-hydrogen) atoms. The summed E-state index contributed by atoms with van der Waals surface area (Å²) in [6.07, 6.45) is 2.63. The van der Waals surface area contributed by atoms with Gasteiger partial charge in [0.05, 0.1) is 17.7 Å². The van der Waals surface area contributed by atoms with Crippen molar-refractivity contribution in [3.8, 4) is 0 Å². The first kappa shape index (κ1) is 22.6. The topological polar surface area (TPSA) is 88.7 Å². The van der Waals surface area contributed by atoms with Gasteiger partial charge in [0.25, 0.3) is 5.91 Å². The van der Waals surface area contributed by atoms with Gasteiger partial charge in [-0.25, -0.2) is 9.59 Å². The Morgan fingerprint density at radius 1 is 1.16 bits per heavy atom. The molecule has 1 heterocycles.